The third-order valence-corrected chi connectivity index (χ3v) is 8.63. The second-order valence-corrected chi connectivity index (χ2v) is 11.8. The molecule has 1 unspecified atom stereocenters. The fraction of sp³-hybridized carbons (Fsp3) is 0.435. The number of rotatable bonds is 11. The van der Waals surface area contributed by atoms with Gasteiger partial charge in [-0.15, -0.1) is 0 Å². The number of nitrogens with one attached hydrogen (secondary N) is 1. The molecular weight excluding hydrogens is 478 g/mol. The Bertz CT molecular complexity index is 1160. The van der Waals surface area contributed by atoms with Crippen molar-refractivity contribution in [1.29, 1.82) is 0 Å². The normalized spacial score (nSPS) is 15.6. The van der Waals surface area contributed by atoms with E-state index in [9.17, 15) is 21.6 Å². The summed E-state index contributed by atoms with van der Waals surface area (Å²) in [7, 11) is -7.16. The maximum Gasteiger partial charge on any atom is 0.244 e. The number of sulfonamides is 2. The van der Waals surface area contributed by atoms with Crippen LogP contribution in [0.25, 0.3) is 0 Å². The molecule has 34 heavy (non-hydrogen) atoms. The molecule has 1 heterocycles. The van der Waals surface area contributed by atoms with Gasteiger partial charge in [0.1, 0.15) is 18.4 Å². The number of amides is 1. The van der Waals surface area contributed by atoms with E-state index in [1.807, 2.05) is 0 Å². The monoisotopic (exact) mass is 509 g/mol. The second-order valence-electron chi connectivity index (χ2n) is 8.04. The minimum absolute atomic E-state index is 0.143. The molecule has 0 saturated carbocycles. The quantitative estimate of drug-likeness (QED) is 0.465. The van der Waals surface area contributed by atoms with Crippen LogP contribution in [0.2, 0.25) is 0 Å². The summed E-state index contributed by atoms with van der Waals surface area (Å²) < 4.78 is 58.2. The van der Waals surface area contributed by atoms with Gasteiger partial charge in [-0.2, -0.15) is 4.31 Å². The van der Waals surface area contributed by atoms with E-state index in [-0.39, 0.29) is 18.0 Å². The molecule has 1 aliphatic rings. The van der Waals surface area contributed by atoms with Crippen LogP contribution in [0, 0.1) is 0 Å². The Kier molecular flexibility index (Phi) is 8.56. The molecule has 0 spiro atoms. The number of hydrogen-bond donors (Lipinski definition) is 1. The Morgan fingerprint density at radius 2 is 1.65 bits per heavy atom. The highest BCUT2D eigenvalue weighted by atomic mass is 32.2. The Morgan fingerprint density at radius 1 is 1.03 bits per heavy atom. The summed E-state index contributed by atoms with van der Waals surface area (Å²) in [4.78, 5) is 13.0. The molecule has 0 radical (unpaired) electrons. The lowest BCUT2D eigenvalue weighted by atomic mass is 10.2. The summed E-state index contributed by atoms with van der Waals surface area (Å²) in [5.41, 5.74) is 0.423. The molecule has 0 aliphatic carbocycles. The van der Waals surface area contributed by atoms with Crippen molar-refractivity contribution in [2.75, 3.05) is 36.8 Å². The van der Waals surface area contributed by atoms with Crippen LogP contribution in [0.4, 0.5) is 5.69 Å². The lowest BCUT2D eigenvalue weighted by Crippen LogP contribution is -2.49. The molecule has 0 aromatic heterocycles. The Labute approximate surface area is 201 Å². The molecule has 9 nitrogen and oxygen atoms in total. The van der Waals surface area contributed by atoms with Gasteiger partial charge in [-0.25, -0.2) is 16.8 Å². The van der Waals surface area contributed by atoms with Crippen molar-refractivity contribution in [1.82, 2.24) is 9.62 Å². The number of para-hydroxylation sites is 1. The number of anilines is 1. The van der Waals surface area contributed by atoms with Gasteiger partial charge >= 0.3 is 0 Å². The number of benzene rings is 2. The van der Waals surface area contributed by atoms with Crippen LogP contribution >= 0.6 is 0 Å². The molecule has 1 amide bonds. The number of carbonyl (C=O) groups is 1. The van der Waals surface area contributed by atoms with Crippen molar-refractivity contribution in [3.8, 4) is 5.75 Å². The summed E-state index contributed by atoms with van der Waals surface area (Å²) in [5.74, 6) is 0.0520. The molecule has 1 fully saturated rings. The van der Waals surface area contributed by atoms with E-state index in [2.05, 4.69) is 5.32 Å². The summed E-state index contributed by atoms with van der Waals surface area (Å²) in [5, 5.41) is 2.73. The highest BCUT2D eigenvalue weighted by Crippen LogP contribution is 2.23. The minimum Gasteiger partial charge on any atom is -0.492 e. The van der Waals surface area contributed by atoms with Gasteiger partial charge in [0.2, 0.25) is 26.0 Å². The van der Waals surface area contributed by atoms with E-state index < -0.39 is 32.0 Å². The molecule has 2 aromatic rings. The second kappa shape index (κ2) is 11.2. The first-order valence-corrected chi connectivity index (χ1v) is 14.5. The standard InChI is InChI=1S/C23H31N3O6S2/c1-3-22(26(33(2,28)29)19-9-5-4-6-10-19)23(27)24-15-18-32-20-11-13-21(14-12-20)34(30,31)25-16-7-8-17-25/h4-6,9-14,22H,3,7-8,15-18H2,1-2H3,(H,24,27). The van der Waals surface area contributed by atoms with Crippen molar-refractivity contribution in [3.63, 3.8) is 0 Å². The summed E-state index contributed by atoms with van der Waals surface area (Å²) >= 11 is 0. The van der Waals surface area contributed by atoms with Crippen LogP contribution in [-0.4, -0.2) is 65.6 Å². The molecule has 11 heteroatoms. The van der Waals surface area contributed by atoms with Gasteiger partial charge in [0.15, 0.2) is 0 Å². The zero-order valence-corrected chi connectivity index (χ0v) is 21.0. The molecule has 1 atom stereocenters. The predicted octanol–water partition coefficient (Wildman–Crippen LogP) is 2.21. The van der Waals surface area contributed by atoms with E-state index in [1.165, 1.54) is 16.4 Å². The molecule has 186 valence electrons. The van der Waals surface area contributed by atoms with Gasteiger partial charge in [-0.1, -0.05) is 25.1 Å². The molecular formula is C23H31N3O6S2. The highest BCUT2D eigenvalue weighted by Gasteiger charge is 2.31. The van der Waals surface area contributed by atoms with Crippen LogP contribution < -0.4 is 14.4 Å². The minimum atomic E-state index is -3.68. The van der Waals surface area contributed by atoms with Crippen LogP contribution in [0.15, 0.2) is 59.5 Å². The van der Waals surface area contributed by atoms with Gasteiger partial charge < -0.3 is 10.1 Å². The third kappa shape index (κ3) is 6.28. The number of nitrogens with zero attached hydrogens (tertiary/aromatic N) is 2. The number of ether oxygens (including phenoxy) is 1. The largest absolute Gasteiger partial charge is 0.492 e. The van der Waals surface area contributed by atoms with Crippen LogP contribution in [0.3, 0.4) is 0 Å². The zero-order valence-electron chi connectivity index (χ0n) is 19.4. The van der Waals surface area contributed by atoms with Gasteiger partial charge in [0.25, 0.3) is 0 Å². The van der Waals surface area contributed by atoms with E-state index in [0.717, 1.165) is 23.4 Å². The first-order chi connectivity index (χ1) is 16.1. The third-order valence-electron chi connectivity index (χ3n) is 5.54. The lowest BCUT2D eigenvalue weighted by molar-refractivity contribution is -0.122. The topological polar surface area (TPSA) is 113 Å². The van der Waals surface area contributed by atoms with E-state index >= 15 is 0 Å². The molecule has 1 aliphatic heterocycles. The first-order valence-electron chi connectivity index (χ1n) is 11.2. The molecule has 1 saturated heterocycles. The van der Waals surface area contributed by atoms with Crippen molar-refractivity contribution < 1.29 is 26.4 Å². The number of hydrogen-bond acceptors (Lipinski definition) is 6. The van der Waals surface area contributed by atoms with Crippen molar-refractivity contribution in [3.05, 3.63) is 54.6 Å². The molecule has 1 N–H and O–H groups in total. The van der Waals surface area contributed by atoms with Crippen LogP contribution in [0.1, 0.15) is 26.2 Å². The summed E-state index contributed by atoms with van der Waals surface area (Å²) in [6, 6.07) is 13.8. The van der Waals surface area contributed by atoms with E-state index in [4.69, 9.17) is 4.74 Å². The molecule has 3 rings (SSSR count). The average molecular weight is 510 g/mol. The zero-order chi connectivity index (χ0) is 24.8. The lowest BCUT2D eigenvalue weighted by Gasteiger charge is -2.30. The van der Waals surface area contributed by atoms with E-state index in [0.29, 0.717) is 30.9 Å². The van der Waals surface area contributed by atoms with Gasteiger partial charge in [-0.05, 0) is 55.7 Å². The van der Waals surface area contributed by atoms with Crippen molar-refractivity contribution >= 4 is 31.6 Å². The molecule has 2 aromatic carbocycles. The van der Waals surface area contributed by atoms with E-state index in [1.54, 1.807) is 49.4 Å². The maximum absolute atomic E-state index is 12.8. The van der Waals surface area contributed by atoms with Crippen molar-refractivity contribution in [2.24, 2.45) is 0 Å². The highest BCUT2D eigenvalue weighted by molar-refractivity contribution is 7.92. The summed E-state index contributed by atoms with van der Waals surface area (Å²) in [6.45, 7) is 3.14. The Balaban J connectivity index is 1.56. The molecule has 0 bridgehead atoms. The van der Waals surface area contributed by atoms with Gasteiger partial charge in [0.05, 0.1) is 23.4 Å². The SMILES string of the molecule is CCC(C(=O)NCCOc1ccc(S(=O)(=O)N2CCCC2)cc1)N(c1ccccc1)S(C)(=O)=O. The Hall–Kier alpha value is -2.63. The van der Waals surface area contributed by atoms with Crippen molar-refractivity contribution in [2.45, 2.75) is 37.1 Å². The van der Waals surface area contributed by atoms with Crippen LogP contribution in [0.5, 0.6) is 5.75 Å². The van der Waals surface area contributed by atoms with Gasteiger partial charge in [-0.3, -0.25) is 9.10 Å². The predicted molar refractivity (Wildman–Crippen MR) is 131 cm³/mol. The number of carbonyl (C=O) groups excluding carboxylic acids is 1. The average Bonchev–Trinajstić information content (AvgIpc) is 3.36. The summed E-state index contributed by atoms with van der Waals surface area (Å²) in [6.07, 6.45) is 3.12. The Morgan fingerprint density at radius 3 is 2.21 bits per heavy atom. The smallest absolute Gasteiger partial charge is 0.244 e. The maximum atomic E-state index is 12.8. The fourth-order valence-electron chi connectivity index (χ4n) is 3.88. The fourth-order valence-corrected chi connectivity index (χ4v) is 6.61. The van der Waals surface area contributed by atoms with Crippen LogP contribution in [-0.2, 0) is 24.8 Å². The van der Waals surface area contributed by atoms with Gasteiger partial charge in [0, 0.05) is 13.1 Å². The first kappa shape index (κ1) is 26.0.